The van der Waals surface area contributed by atoms with Gasteiger partial charge in [-0.3, -0.25) is 4.79 Å². The number of anilines is 4. The predicted molar refractivity (Wildman–Crippen MR) is 119 cm³/mol. The van der Waals surface area contributed by atoms with Gasteiger partial charge in [0.2, 0.25) is 11.9 Å². The van der Waals surface area contributed by atoms with E-state index in [0.717, 1.165) is 29.7 Å². The first-order valence-corrected chi connectivity index (χ1v) is 9.90. The Morgan fingerprint density at radius 1 is 1.29 bits per heavy atom. The van der Waals surface area contributed by atoms with Crippen molar-refractivity contribution < 1.29 is 9.53 Å². The highest BCUT2D eigenvalue weighted by molar-refractivity contribution is 5.92. The third-order valence-electron chi connectivity index (χ3n) is 5.12. The molecule has 3 aromatic rings. The Morgan fingerprint density at radius 3 is 2.87 bits per heavy atom. The van der Waals surface area contributed by atoms with Crippen molar-refractivity contribution in [2.75, 3.05) is 36.1 Å². The van der Waals surface area contributed by atoms with E-state index in [1.807, 2.05) is 18.2 Å². The molecule has 0 radical (unpaired) electrons. The fourth-order valence-corrected chi connectivity index (χ4v) is 3.79. The van der Waals surface area contributed by atoms with Crippen LogP contribution in [0.15, 0.2) is 36.4 Å². The summed E-state index contributed by atoms with van der Waals surface area (Å²) >= 11 is 0. The number of aromatic nitrogens is 2. The molecule has 4 N–H and O–H groups in total. The molecule has 158 valence electrons. The van der Waals surface area contributed by atoms with Gasteiger partial charge in [-0.05, 0) is 42.8 Å². The fourth-order valence-electron chi connectivity index (χ4n) is 3.79. The van der Waals surface area contributed by atoms with Crippen molar-refractivity contribution in [3.63, 3.8) is 0 Å². The van der Waals surface area contributed by atoms with Crippen molar-refractivity contribution in [1.82, 2.24) is 15.3 Å². The molecule has 1 atom stereocenters. The number of nitrogens with one attached hydrogen (secondary N) is 2. The van der Waals surface area contributed by atoms with Gasteiger partial charge in [0.15, 0.2) is 0 Å². The number of nitriles is 1. The third-order valence-corrected chi connectivity index (χ3v) is 5.12. The lowest BCUT2D eigenvalue weighted by Gasteiger charge is -2.21. The highest BCUT2D eigenvalue weighted by Crippen LogP contribution is 2.32. The number of nitrogen functional groups attached to an aromatic ring is 1. The van der Waals surface area contributed by atoms with Gasteiger partial charge >= 0.3 is 0 Å². The zero-order chi connectivity index (χ0) is 22.0. The number of benzene rings is 2. The van der Waals surface area contributed by atoms with E-state index >= 15 is 0 Å². The lowest BCUT2D eigenvalue weighted by Crippen LogP contribution is -2.35. The molecule has 0 bridgehead atoms. The standard InChI is InChI=1S/C22H23N7O2/c1-13(30)25-16-5-6-29(12-16)21-19-10-18(31-2)3-4-20(19)27-22(28-21)26-17-8-14(11-23)7-15(24)9-17/h3-4,7-10,16H,5-6,12,24H2,1-2H3,(H,25,30)(H,26,27,28)/t16-/m0/s1. The summed E-state index contributed by atoms with van der Waals surface area (Å²) in [5, 5.41) is 16.2. The quantitative estimate of drug-likeness (QED) is 0.540. The summed E-state index contributed by atoms with van der Waals surface area (Å²) in [5.41, 5.74) is 8.22. The molecule has 0 aliphatic carbocycles. The number of nitrogens with zero attached hydrogens (tertiary/aromatic N) is 4. The van der Waals surface area contributed by atoms with Crippen molar-refractivity contribution in [2.24, 2.45) is 0 Å². The molecule has 1 aliphatic heterocycles. The number of carbonyl (C=O) groups is 1. The van der Waals surface area contributed by atoms with Gasteiger partial charge in [-0.25, -0.2) is 4.98 Å². The van der Waals surface area contributed by atoms with Crippen molar-refractivity contribution in [1.29, 1.82) is 5.26 Å². The molecule has 1 amide bonds. The Hall–Kier alpha value is -4.06. The summed E-state index contributed by atoms with van der Waals surface area (Å²) in [6.45, 7) is 2.93. The maximum Gasteiger partial charge on any atom is 0.229 e. The molecule has 1 saturated heterocycles. The number of hydrogen-bond donors (Lipinski definition) is 3. The normalized spacial score (nSPS) is 15.5. The van der Waals surface area contributed by atoms with Gasteiger partial charge in [0.25, 0.3) is 0 Å². The molecule has 9 nitrogen and oxygen atoms in total. The molecule has 31 heavy (non-hydrogen) atoms. The minimum absolute atomic E-state index is 0.0432. The SMILES string of the molecule is COc1ccc2nc(Nc3cc(N)cc(C#N)c3)nc(N3CC[C@H](NC(C)=O)C3)c2c1. The smallest absolute Gasteiger partial charge is 0.229 e. The van der Waals surface area contributed by atoms with Crippen LogP contribution in [0.3, 0.4) is 0 Å². The van der Waals surface area contributed by atoms with Crippen molar-refractivity contribution >= 4 is 40.0 Å². The summed E-state index contributed by atoms with van der Waals surface area (Å²) in [6.07, 6.45) is 0.832. The molecule has 2 heterocycles. The van der Waals surface area contributed by atoms with E-state index in [-0.39, 0.29) is 11.9 Å². The largest absolute Gasteiger partial charge is 0.497 e. The van der Waals surface area contributed by atoms with Gasteiger partial charge in [0.1, 0.15) is 11.6 Å². The van der Waals surface area contributed by atoms with Gasteiger partial charge in [-0.2, -0.15) is 10.2 Å². The van der Waals surface area contributed by atoms with Crippen molar-refractivity contribution in [2.45, 2.75) is 19.4 Å². The average Bonchev–Trinajstić information content (AvgIpc) is 3.19. The number of carbonyl (C=O) groups excluding carboxylic acids is 1. The number of nitrogens with two attached hydrogens (primary N) is 1. The van der Waals surface area contributed by atoms with Crippen LogP contribution >= 0.6 is 0 Å². The number of fused-ring (bicyclic) bond motifs is 1. The second-order valence-electron chi connectivity index (χ2n) is 7.47. The number of methoxy groups -OCH3 is 1. The van der Waals surface area contributed by atoms with Gasteiger partial charge in [-0.1, -0.05) is 0 Å². The molecule has 4 rings (SSSR count). The maximum absolute atomic E-state index is 11.5. The third kappa shape index (κ3) is 4.43. The zero-order valence-electron chi connectivity index (χ0n) is 17.3. The van der Waals surface area contributed by atoms with E-state index < -0.39 is 0 Å². The van der Waals surface area contributed by atoms with Crippen LogP contribution in [0.25, 0.3) is 10.9 Å². The van der Waals surface area contributed by atoms with Crippen LogP contribution in [0.1, 0.15) is 18.9 Å². The van der Waals surface area contributed by atoms with Crippen LogP contribution in [0, 0.1) is 11.3 Å². The Bertz CT molecular complexity index is 1190. The van der Waals surface area contributed by atoms with Gasteiger partial charge in [-0.15, -0.1) is 0 Å². The summed E-state index contributed by atoms with van der Waals surface area (Å²) in [4.78, 5) is 23.0. The Balaban J connectivity index is 1.74. The Kier molecular flexibility index (Phi) is 5.45. The fraction of sp³-hybridized carbons (Fsp3) is 0.273. The molecular weight excluding hydrogens is 394 g/mol. The topological polar surface area (TPSA) is 129 Å². The molecule has 9 heteroatoms. The second-order valence-corrected chi connectivity index (χ2v) is 7.47. The van der Waals surface area contributed by atoms with E-state index in [0.29, 0.717) is 35.2 Å². The van der Waals surface area contributed by atoms with Gasteiger partial charge in [0, 0.05) is 42.8 Å². The van der Waals surface area contributed by atoms with E-state index in [2.05, 4.69) is 26.6 Å². The van der Waals surface area contributed by atoms with Crippen LogP contribution in [-0.2, 0) is 4.79 Å². The zero-order valence-corrected chi connectivity index (χ0v) is 17.3. The number of ether oxygens (including phenoxy) is 1. The first-order chi connectivity index (χ1) is 14.9. The lowest BCUT2D eigenvalue weighted by atomic mass is 10.2. The highest BCUT2D eigenvalue weighted by atomic mass is 16.5. The van der Waals surface area contributed by atoms with Crippen molar-refractivity contribution in [3.05, 3.63) is 42.0 Å². The van der Waals surface area contributed by atoms with Crippen LogP contribution < -0.4 is 26.0 Å². The average molecular weight is 417 g/mol. The van der Waals surface area contributed by atoms with Crippen LogP contribution in [-0.4, -0.2) is 42.1 Å². The van der Waals surface area contributed by atoms with E-state index in [1.165, 1.54) is 6.92 Å². The summed E-state index contributed by atoms with van der Waals surface area (Å²) in [7, 11) is 1.62. The summed E-state index contributed by atoms with van der Waals surface area (Å²) < 4.78 is 5.39. The lowest BCUT2D eigenvalue weighted by molar-refractivity contribution is -0.119. The maximum atomic E-state index is 11.5. The van der Waals surface area contributed by atoms with Crippen LogP contribution in [0.2, 0.25) is 0 Å². The monoisotopic (exact) mass is 417 g/mol. The highest BCUT2D eigenvalue weighted by Gasteiger charge is 2.26. The first kappa shape index (κ1) is 20.2. The molecule has 1 aliphatic rings. The minimum atomic E-state index is -0.0432. The van der Waals surface area contributed by atoms with Crippen molar-refractivity contribution in [3.8, 4) is 11.8 Å². The summed E-state index contributed by atoms with van der Waals surface area (Å²) in [5.74, 6) is 1.82. The molecule has 0 spiro atoms. The summed E-state index contributed by atoms with van der Waals surface area (Å²) in [6, 6.07) is 12.8. The Morgan fingerprint density at radius 2 is 2.13 bits per heavy atom. The minimum Gasteiger partial charge on any atom is -0.497 e. The molecule has 2 aromatic carbocycles. The van der Waals surface area contributed by atoms with E-state index in [4.69, 9.17) is 15.5 Å². The van der Waals surface area contributed by atoms with E-state index in [1.54, 1.807) is 25.3 Å². The van der Waals surface area contributed by atoms with Crippen LogP contribution in [0.5, 0.6) is 5.75 Å². The molecule has 1 aromatic heterocycles. The van der Waals surface area contributed by atoms with Crippen LogP contribution in [0.4, 0.5) is 23.1 Å². The molecule has 1 fully saturated rings. The molecule has 0 saturated carbocycles. The molecule has 0 unspecified atom stereocenters. The number of amides is 1. The second kappa shape index (κ2) is 8.36. The van der Waals surface area contributed by atoms with Gasteiger partial charge < -0.3 is 26.0 Å². The van der Waals surface area contributed by atoms with E-state index in [9.17, 15) is 10.1 Å². The predicted octanol–water partition coefficient (Wildman–Crippen LogP) is 2.55. The molecular formula is C22H23N7O2. The Labute approximate surface area is 179 Å². The van der Waals surface area contributed by atoms with Gasteiger partial charge in [0.05, 0.1) is 24.3 Å². The number of hydrogen-bond acceptors (Lipinski definition) is 8. The number of rotatable bonds is 5. The first-order valence-electron chi connectivity index (χ1n) is 9.90.